The molecule has 2 aliphatic rings. The highest BCUT2D eigenvalue weighted by Crippen LogP contribution is 2.30. The maximum atomic E-state index is 13.7. The molecule has 3 rings (SSSR count). The second kappa shape index (κ2) is 4.30. The van der Waals surface area contributed by atoms with Crippen LogP contribution in [0.15, 0.2) is 18.2 Å². The molecule has 2 aliphatic heterocycles. The summed E-state index contributed by atoms with van der Waals surface area (Å²) in [5, 5.41) is 7.00. The third-order valence-corrected chi connectivity index (χ3v) is 4.04. The third kappa shape index (κ3) is 2.16. The first kappa shape index (κ1) is 11.0. The van der Waals surface area contributed by atoms with Crippen molar-refractivity contribution in [3.05, 3.63) is 29.6 Å². The van der Waals surface area contributed by atoms with Crippen molar-refractivity contribution in [2.24, 2.45) is 0 Å². The van der Waals surface area contributed by atoms with E-state index in [4.69, 9.17) is 0 Å². The fraction of sp³-hybridized carbons (Fsp3) is 0.571. The van der Waals surface area contributed by atoms with Gasteiger partial charge in [0.2, 0.25) is 0 Å². The molecule has 3 heteroatoms. The summed E-state index contributed by atoms with van der Waals surface area (Å²) in [7, 11) is 0. The van der Waals surface area contributed by atoms with Crippen LogP contribution in [0, 0.1) is 12.7 Å². The van der Waals surface area contributed by atoms with Crippen molar-refractivity contribution in [3.8, 4) is 0 Å². The van der Waals surface area contributed by atoms with Crippen molar-refractivity contribution in [2.75, 3.05) is 5.32 Å². The van der Waals surface area contributed by atoms with Crippen molar-refractivity contribution in [1.82, 2.24) is 5.32 Å². The number of benzene rings is 1. The van der Waals surface area contributed by atoms with Gasteiger partial charge < -0.3 is 10.6 Å². The van der Waals surface area contributed by atoms with Crippen molar-refractivity contribution >= 4 is 5.69 Å². The molecule has 2 atom stereocenters. The highest BCUT2D eigenvalue weighted by Gasteiger charge is 2.33. The second-order valence-electron chi connectivity index (χ2n) is 5.38. The zero-order valence-electron chi connectivity index (χ0n) is 10.2. The quantitative estimate of drug-likeness (QED) is 0.822. The number of para-hydroxylation sites is 1. The SMILES string of the molecule is Cc1cccc(F)c1NC1CC2CCC(C1)N2. The van der Waals surface area contributed by atoms with Crippen LogP contribution >= 0.6 is 0 Å². The summed E-state index contributed by atoms with van der Waals surface area (Å²) >= 11 is 0. The van der Waals surface area contributed by atoms with Gasteiger partial charge in [-0.05, 0) is 44.2 Å². The minimum absolute atomic E-state index is 0.129. The van der Waals surface area contributed by atoms with E-state index in [1.165, 1.54) is 18.9 Å². The van der Waals surface area contributed by atoms with E-state index in [1.54, 1.807) is 6.07 Å². The first-order valence-electron chi connectivity index (χ1n) is 6.50. The highest BCUT2D eigenvalue weighted by atomic mass is 19.1. The summed E-state index contributed by atoms with van der Waals surface area (Å²) in [4.78, 5) is 0. The molecule has 2 N–H and O–H groups in total. The summed E-state index contributed by atoms with van der Waals surface area (Å²) < 4.78 is 13.7. The van der Waals surface area contributed by atoms with E-state index in [0.717, 1.165) is 18.4 Å². The van der Waals surface area contributed by atoms with E-state index in [-0.39, 0.29) is 5.82 Å². The lowest BCUT2D eigenvalue weighted by Gasteiger charge is -2.31. The molecule has 92 valence electrons. The third-order valence-electron chi connectivity index (χ3n) is 4.04. The van der Waals surface area contributed by atoms with Gasteiger partial charge in [0.15, 0.2) is 0 Å². The number of aryl methyl sites for hydroxylation is 1. The monoisotopic (exact) mass is 234 g/mol. The molecule has 0 aromatic heterocycles. The summed E-state index contributed by atoms with van der Waals surface area (Å²) in [6.07, 6.45) is 4.78. The van der Waals surface area contributed by atoms with Crippen molar-refractivity contribution < 1.29 is 4.39 Å². The molecule has 2 fully saturated rings. The van der Waals surface area contributed by atoms with Crippen LogP contribution in [0.3, 0.4) is 0 Å². The molecule has 17 heavy (non-hydrogen) atoms. The number of nitrogens with one attached hydrogen (secondary N) is 2. The molecule has 0 radical (unpaired) electrons. The van der Waals surface area contributed by atoms with E-state index in [9.17, 15) is 4.39 Å². The number of hydrogen-bond acceptors (Lipinski definition) is 2. The Bertz CT molecular complexity index is 386. The summed E-state index contributed by atoms with van der Waals surface area (Å²) in [6.45, 7) is 1.96. The van der Waals surface area contributed by atoms with Crippen LogP contribution in [-0.2, 0) is 0 Å². The smallest absolute Gasteiger partial charge is 0.146 e. The van der Waals surface area contributed by atoms with E-state index >= 15 is 0 Å². The van der Waals surface area contributed by atoms with Gasteiger partial charge in [-0.25, -0.2) is 4.39 Å². The molecule has 2 saturated heterocycles. The van der Waals surface area contributed by atoms with E-state index in [0.29, 0.717) is 23.8 Å². The molecule has 0 aliphatic carbocycles. The van der Waals surface area contributed by atoms with Gasteiger partial charge in [0.25, 0.3) is 0 Å². The average molecular weight is 234 g/mol. The van der Waals surface area contributed by atoms with E-state index in [1.807, 2.05) is 13.0 Å². The van der Waals surface area contributed by atoms with Crippen LogP contribution in [0.5, 0.6) is 0 Å². The zero-order chi connectivity index (χ0) is 11.8. The van der Waals surface area contributed by atoms with Gasteiger partial charge in [0.1, 0.15) is 5.82 Å². The number of rotatable bonds is 2. The zero-order valence-corrected chi connectivity index (χ0v) is 10.2. The number of anilines is 1. The minimum atomic E-state index is -0.129. The molecular formula is C14H19FN2. The topological polar surface area (TPSA) is 24.1 Å². The van der Waals surface area contributed by atoms with Crippen LogP contribution in [0.4, 0.5) is 10.1 Å². The highest BCUT2D eigenvalue weighted by molar-refractivity contribution is 5.52. The van der Waals surface area contributed by atoms with Gasteiger partial charge in [-0.1, -0.05) is 12.1 Å². The fourth-order valence-electron chi connectivity index (χ4n) is 3.19. The van der Waals surface area contributed by atoms with Gasteiger partial charge in [0, 0.05) is 18.1 Å². The Hall–Kier alpha value is -1.09. The van der Waals surface area contributed by atoms with E-state index < -0.39 is 0 Å². The fourth-order valence-corrected chi connectivity index (χ4v) is 3.19. The van der Waals surface area contributed by atoms with Crippen LogP contribution in [-0.4, -0.2) is 18.1 Å². The van der Waals surface area contributed by atoms with Gasteiger partial charge in [-0.3, -0.25) is 0 Å². The molecule has 1 aromatic rings. The molecule has 2 unspecified atom stereocenters. The Morgan fingerprint density at radius 3 is 2.59 bits per heavy atom. The molecule has 0 saturated carbocycles. The molecular weight excluding hydrogens is 215 g/mol. The largest absolute Gasteiger partial charge is 0.380 e. The first-order valence-corrected chi connectivity index (χ1v) is 6.50. The molecule has 0 spiro atoms. The summed E-state index contributed by atoms with van der Waals surface area (Å²) in [6, 6.07) is 6.95. The number of halogens is 1. The van der Waals surface area contributed by atoms with Gasteiger partial charge in [0.05, 0.1) is 5.69 Å². The van der Waals surface area contributed by atoms with Crippen LogP contribution in [0.25, 0.3) is 0 Å². The molecule has 0 amide bonds. The predicted molar refractivity (Wildman–Crippen MR) is 67.7 cm³/mol. The number of piperidine rings is 1. The Morgan fingerprint density at radius 1 is 1.24 bits per heavy atom. The van der Waals surface area contributed by atoms with Crippen molar-refractivity contribution in [3.63, 3.8) is 0 Å². The van der Waals surface area contributed by atoms with Crippen LogP contribution < -0.4 is 10.6 Å². The summed E-state index contributed by atoms with van der Waals surface area (Å²) in [5.41, 5.74) is 1.69. The molecule has 2 nitrogen and oxygen atoms in total. The standard InChI is InChI=1S/C14H19FN2/c1-9-3-2-4-13(15)14(9)17-12-7-10-5-6-11(8-12)16-10/h2-4,10-12,16-17H,5-8H2,1H3. The maximum absolute atomic E-state index is 13.7. The Labute approximate surface area is 102 Å². The Morgan fingerprint density at radius 2 is 1.94 bits per heavy atom. The van der Waals surface area contributed by atoms with Gasteiger partial charge in [-0.15, -0.1) is 0 Å². The van der Waals surface area contributed by atoms with Crippen LogP contribution in [0.2, 0.25) is 0 Å². The lowest BCUT2D eigenvalue weighted by atomic mass is 9.99. The van der Waals surface area contributed by atoms with Crippen LogP contribution in [0.1, 0.15) is 31.2 Å². The average Bonchev–Trinajstić information content (AvgIpc) is 2.64. The van der Waals surface area contributed by atoms with E-state index in [2.05, 4.69) is 10.6 Å². The Balaban J connectivity index is 1.74. The van der Waals surface area contributed by atoms with Crippen molar-refractivity contribution in [2.45, 2.75) is 50.7 Å². The lowest BCUT2D eigenvalue weighted by molar-refractivity contribution is 0.377. The first-order chi connectivity index (χ1) is 8.22. The molecule has 1 aromatic carbocycles. The minimum Gasteiger partial charge on any atom is -0.380 e. The number of hydrogen-bond donors (Lipinski definition) is 2. The molecule has 2 bridgehead atoms. The summed E-state index contributed by atoms with van der Waals surface area (Å²) in [5.74, 6) is -0.129. The normalized spacial score (nSPS) is 31.5. The Kier molecular flexibility index (Phi) is 2.79. The maximum Gasteiger partial charge on any atom is 0.146 e. The van der Waals surface area contributed by atoms with Crippen molar-refractivity contribution in [1.29, 1.82) is 0 Å². The second-order valence-corrected chi connectivity index (χ2v) is 5.38. The molecule has 2 heterocycles. The van der Waals surface area contributed by atoms with Gasteiger partial charge >= 0.3 is 0 Å². The number of fused-ring (bicyclic) bond motifs is 2. The van der Waals surface area contributed by atoms with Gasteiger partial charge in [-0.2, -0.15) is 0 Å². The lowest BCUT2D eigenvalue weighted by Crippen LogP contribution is -2.43. The predicted octanol–water partition coefficient (Wildman–Crippen LogP) is 2.83.